The summed E-state index contributed by atoms with van der Waals surface area (Å²) in [4.78, 5) is 34.7. The van der Waals surface area contributed by atoms with Gasteiger partial charge in [-0.05, 0) is 37.8 Å². The number of hydrogen-bond acceptors (Lipinski definition) is 5. The summed E-state index contributed by atoms with van der Waals surface area (Å²) in [6.45, 7) is 5.13. The average molecular weight is 369 g/mol. The van der Waals surface area contributed by atoms with Gasteiger partial charge in [-0.15, -0.1) is 11.3 Å². The molecule has 1 unspecified atom stereocenters. The second-order valence-electron chi connectivity index (χ2n) is 6.52. The van der Waals surface area contributed by atoms with Gasteiger partial charge in [-0.1, -0.05) is 6.07 Å². The molecule has 4 heterocycles. The molecule has 0 spiro atoms. The van der Waals surface area contributed by atoms with Gasteiger partial charge in [0.05, 0.1) is 16.6 Å². The monoisotopic (exact) mass is 369 g/mol. The summed E-state index contributed by atoms with van der Waals surface area (Å²) in [6, 6.07) is 5.94. The number of aromatic amines is 1. The summed E-state index contributed by atoms with van der Waals surface area (Å²) in [5, 5.41) is 6.43. The predicted molar refractivity (Wildman–Crippen MR) is 99.4 cm³/mol. The highest BCUT2D eigenvalue weighted by molar-refractivity contribution is 7.13. The second-order valence-corrected chi connectivity index (χ2v) is 7.46. The summed E-state index contributed by atoms with van der Waals surface area (Å²) >= 11 is 1.49. The van der Waals surface area contributed by atoms with Crippen LogP contribution in [0.2, 0.25) is 0 Å². The summed E-state index contributed by atoms with van der Waals surface area (Å²) in [7, 11) is 0. The molecule has 0 aromatic carbocycles. The van der Waals surface area contributed by atoms with Crippen molar-refractivity contribution < 1.29 is 4.79 Å². The Hall–Kier alpha value is -2.74. The van der Waals surface area contributed by atoms with Crippen LogP contribution in [0.15, 0.2) is 34.6 Å². The van der Waals surface area contributed by atoms with Gasteiger partial charge < -0.3 is 9.88 Å². The topological polar surface area (TPSA) is 83.9 Å². The highest BCUT2D eigenvalue weighted by atomic mass is 32.1. The van der Waals surface area contributed by atoms with E-state index in [4.69, 9.17) is 0 Å². The molecule has 0 saturated carbocycles. The SMILES string of the molecule is Cc1cc(C)n(C2CCN(C(=O)c3cnc(-c4cccs4)[nH]c3=O)C2)n1. The first-order valence-electron chi connectivity index (χ1n) is 8.48. The number of nitrogens with one attached hydrogen (secondary N) is 1. The summed E-state index contributed by atoms with van der Waals surface area (Å²) < 4.78 is 1.98. The minimum absolute atomic E-state index is 0.0827. The van der Waals surface area contributed by atoms with Crippen molar-refractivity contribution in [3.8, 4) is 10.7 Å². The van der Waals surface area contributed by atoms with Crippen LogP contribution in [0.1, 0.15) is 34.2 Å². The molecular weight excluding hydrogens is 350 g/mol. The summed E-state index contributed by atoms with van der Waals surface area (Å²) in [6.07, 6.45) is 2.21. The Balaban J connectivity index is 1.53. The van der Waals surface area contributed by atoms with Gasteiger partial charge in [0.15, 0.2) is 0 Å². The van der Waals surface area contributed by atoms with E-state index >= 15 is 0 Å². The molecule has 1 aliphatic heterocycles. The smallest absolute Gasteiger partial charge is 0.264 e. The van der Waals surface area contributed by atoms with Crippen LogP contribution in [0.4, 0.5) is 0 Å². The van der Waals surface area contributed by atoms with Crippen molar-refractivity contribution in [3.05, 3.63) is 57.1 Å². The van der Waals surface area contributed by atoms with Gasteiger partial charge in [0.25, 0.3) is 11.5 Å². The van der Waals surface area contributed by atoms with Crippen LogP contribution in [0.5, 0.6) is 0 Å². The Morgan fingerprint density at radius 1 is 1.38 bits per heavy atom. The lowest BCUT2D eigenvalue weighted by Crippen LogP contribution is -2.33. The van der Waals surface area contributed by atoms with Gasteiger partial charge in [-0.3, -0.25) is 14.3 Å². The Kier molecular flexibility index (Phi) is 4.20. The molecule has 1 aliphatic rings. The molecule has 8 heteroatoms. The van der Waals surface area contributed by atoms with Gasteiger partial charge in [0.2, 0.25) is 0 Å². The standard InChI is InChI=1S/C18H19N5O2S/c1-11-8-12(2)23(21-11)13-5-6-22(10-13)18(25)14-9-19-16(20-17(14)24)15-4-3-7-26-15/h3-4,7-9,13H,5-6,10H2,1-2H3,(H,19,20,24). The zero-order chi connectivity index (χ0) is 18.3. The van der Waals surface area contributed by atoms with Crippen molar-refractivity contribution in [2.24, 2.45) is 0 Å². The van der Waals surface area contributed by atoms with Crippen molar-refractivity contribution in [2.75, 3.05) is 13.1 Å². The number of carbonyl (C=O) groups excluding carboxylic acids is 1. The van der Waals surface area contributed by atoms with Crippen LogP contribution >= 0.6 is 11.3 Å². The number of rotatable bonds is 3. The maximum atomic E-state index is 12.8. The predicted octanol–water partition coefficient (Wildman–Crippen LogP) is 2.40. The zero-order valence-electron chi connectivity index (χ0n) is 14.6. The largest absolute Gasteiger partial charge is 0.336 e. The fraction of sp³-hybridized carbons (Fsp3) is 0.333. The second kappa shape index (κ2) is 6.53. The van der Waals surface area contributed by atoms with E-state index in [-0.39, 0.29) is 17.5 Å². The normalized spacial score (nSPS) is 17.0. The van der Waals surface area contributed by atoms with Crippen LogP contribution in [0, 0.1) is 13.8 Å². The van der Waals surface area contributed by atoms with Crippen molar-refractivity contribution in [3.63, 3.8) is 0 Å². The van der Waals surface area contributed by atoms with Crippen molar-refractivity contribution in [2.45, 2.75) is 26.3 Å². The third kappa shape index (κ3) is 2.96. The molecule has 1 saturated heterocycles. The van der Waals surface area contributed by atoms with E-state index in [1.807, 2.05) is 42.1 Å². The highest BCUT2D eigenvalue weighted by Crippen LogP contribution is 2.24. The number of H-pyrrole nitrogens is 1. The molecule has 3 aromatic rings. The molecule has 0 aliphatic carbocycles. The number of thiophene rings is 1. The molecule has 0 bridgehead atoms. The van der Waals surface area contributed by atoms with Crippen molar-refractivity contribution >= 4 is 17.2 Å². The van der Waals surface area contributed by atoms with Crippen molar-refractivity contribution in [1.29, 1.82) is 0 Å². The van der Waals surface area contributed by atoms with Crippen LogP contribution in [-0.4, -0.2) is 43.6 Å². The molecule has 1 atom stereocenters. The number of nitrogens with zero attached hydrogens (tertiary/aromatic N) is 4. The highest BCUT2D eigenvalue weighted by Gasteiger charge is 2.30. The van der Waals surface area contributed by atoms with E-state index in [0.29, 0.717) is 18.9 Å². The average Bonchev–Trinajstić information content (AvgIpc) is 3.34. The van der Waals surface area contributed by atoms with Crippen LogP contribution in [0.3, 0.4) is 0 Å². The quantitative estimate of drug-likeness (QED) is 0.768. The first-order chi connectivity index (χ1) is 12.5. The van der Waals surface area contributed by atoms with E-state index in [2.05, 4.69) is 15.1 Å². The van der Waals surface area contributed by atoms with E-state index in [1.54, 1.807) is 4.90 Å². The third-order valence-electron chi connectivity index (χ3n) is 4.63. The molecule has 3 aromatic heterocycles. The number of likely N-dealkylation sites (tertiary alicyclic amines) is 1. The van der Waals surface area contributed by atoms with Crippen LogP contribution < -0.4 is 5.56 Å². The molecule has 1 N–H and O–H groups in total. The number of carbonyl (C=O) groups is 1. The molecule has 1 amide bonds. The minimum Gasteiger partial charge on any atom is -0.336 e. The minimum atomic E-state index is -0.400. The first kappa shape index (κ1) is 16.7. The Morgan fingerprint density at radius 3 is 2.88 bits per heavy atom. The molecule has 7 nitrogen and oxygen atoms in total. The van der Waals surface area contributed by atoms with E-state index in [9.17, 15) is 9.59 Å². The molecule has 1 fully saturated rings. The Morgan fingerprint density at radius 2 is 2.23 bits per heavy atom. The number of aromatic nitrogens is 4. The third-order valence-corrected chi connectivity index (χ3v) is 5.50. The molecular formula is C18H19N5O2S. The lowest BCUT2D eigenvalue weighted by atomic mass is 10.2. The molecule has 0 radical (unpaired) electrons. The van der Waals surface area contributed by atoms with Crippen LogP contribution in [0.25, 0.3) is 10.7 Å². The van der Waals surface area contributed by atoms with E-state index < -0.39 is 5.56 Å². The van der Waals surface area contributed by atoms with Crippen LogP contribution in [-0.2, 0) is 0 Å². The van der Waals surface area contributed by atoms with Gasteiger partial charge >= 0.3 is 0 Å². The lowest BCUT2D eigenvalue weighted by molar-refractivity contribution is 0.0784. The molecule has 4 rings (SSSR count). The maximum absolute atomic E-state index is 12.8. The maximum Gasteiger partial charge on any atom is 0.264 e. The lowest BCUT2D eigenvalue weighted by Gasteiger charge is -2.17. The van der Waals surface area contributed by atoms with E-state index in [0.717, 1.165) is 22.7 Å². The Labute approximate surface area is 154 Å². The summed E-state index contributed by atoms with van der Waals surface area (Å²) in [5.41, 5.74) is 1.74. The Bertz CT molecular complexity index is 1010. The van der Waals surface area contributed by atoms with Gasteiger partial charge in [-0.2, -0.15) is 5.10 Å². The molecule has 134 valence electrons. The van der Waals surface area contributed by atoms with Gasteiger partial charge in [-0.25, -0.2) is 4.98 Å². The molecule has 26 heavy (non-hydrogen) atoms. The number of aryl methyl sites for hydroxylation is 2. The first-order valence-corrected chi connectivity index (χ1v) is 9.36. The van der Waals surface area contributed by atoms with Gasteiger partial charge in [0, 0.05) is 25.0 Å². The van der Waals surface area contributed by atoms with Gasteiger partial charge in [0.1, 0.15) is 11.4 Å². The summed E-state index contributed by atoms with van der Waals surface area (Å²) in [5.74, 6) is 0.212. The van der Waals surface area contributed by atoms with Crippen molar-refractivity contribution in [1.82, 2.24) is 24.6 Å². The van der Waals surface area contributed by atoms with E-state index in [1.165, 1.54) is 17.5 Å². The fourth-order valence-electron chi connectivity index (χ4n) is 3.40. The fourth-order valence-corrected chi connectivity index (χ4v) is 4.07. The zero-order valence-corrected chi connectivity index (χ0v) is 15.4. The number of amides is 1. The number of hydrogen-bond donors (Lipinski definition) is 1.